The van der Waals surface area contributed by atoms with Gasteiger partial charge in [0.25, 0.3) is 17.0 Å². The summed E-state index contributed by atoms with van der Waals surface area (Å²) in [5.41, 5.74) is 2.75. The van der Waals surface area contributed by atoms with Gasteiger partial charge in [0, 0.05) is 11.4 Å². The number of aromatic carboxylic acids is 1. The lowest BCUT2D eigenvalue weighted by Crippen LogP contribution is -2.38. The van der Waals surface area contributed by atoms with Crippen LogP contribution >= 0.6 is 0 Å². The minimum atomic E-state index is -1.09. The normalized spacial score (nSPS) is 13.1. The van der Waals surface area contributed by atoms with Crippen LogP contribution in [0.4, 0.5) is 5.69 Å². The van der Waals surface area contributed by atoms with Crippen molar-refractivity contribution in [2.75, 3.05) is 11.8 Å². The number of aliphatic hydroxyl groups is 1. The third-order valence-electron chi connectivity index (χ3n) is 7.32. The van der Waals surface area contributed by atoms with E-state index < -0.39 is 24.2 Å². The number of amides is 1. The number of anilines is 1. The van der Waals surface area contributed by atoms with Gasteiger partial charge in [0.1, 0.15) is 5.75 Å². The van der Waals surface area contributed by atoms with Gasteiger partial charge in [-0.25, -0.2) is 4.79 Å². The highest BCUT2D eigenvalue weighted by Gasteiger charge is 2.28. The summed E-state index contributed by atoms with van der Waals surface area (Å²) in [6, 6.07) is 12.2. The fourth-order valence-corrected chi connectivity index (χ4v) is 5.02. The van der Waals surface area contributed by atoms with Crippen LogP contribution in [0.5, 0.6) is 5.75 Å². The van der Waals surface area contributed by atoms with Gasteiger partial charge < -0.3 is 24.9 Å². The van der Waals surface area contributed by atoms with Crippen LogP contribution in [-0.4, -0.2) is 48.6 Å². The molecule has 3 aliphatic rings. The molecule has 1 amide bonds. The lowest BCUT2D eigenvalue weighted by Gasteiger charge is -2.12. The average Bonchev–Trinajstić information content (AvgIpc) is 3.53. The van der Waals surface area contributed by atoms with Crippen molar-refractivity contribution < 1.29 is 24.5 Å². The summed E-state index contributed by atoms with van der Waals surface area (Å²) in [4.78, 5) is 56.3. The minimum absolute atomic E-state index is 0.0681. The Labute approximate surface area is 247 Å². The first-order valence-electron chi connectivity index (χ1n) is 13.3. The number of aromatic amines is 2. The van der Waals surface area contributed by atoms with Crippen molar-refractivity contribution in [1.82, 2.24) is 19.7 Å². The molecule has 4 N–H and O–H groups in total. The average molecular weight is 593 g/mol. The monoisotopic (exact) mass is 592 g/mol. The number of carbonyl (C=O) groups is 2. The van der Waals surface area contributed by atoms with Crippen molar-refractivity contribution in [3.05, 3.63) is 120 Å². The number of H-pyrrole nitrogens is 2. The minimum Gasteiger partial charge on any atom is -0.478 e. The first-order valence-corrected chi connectivity index (χ1v) is 13.3. The molecule has 0 radical (unpaired) electrons. The fraction of sp³-hybridized carbons (Fsp3) is 0.0968. The summed E-state index contributed by atoms with van der Waals surface area (Å²) >= 11 is 0. The fourth-order valence-electron chi connectivity index (χ4n) is 5.02. The summed E-state index contributed by atoms with van der Waals surface area (Å²) in [5, 5.41) is 28.1. The molecule has 1 aromatic heterocycles. The van der Waals surface area contributed by atoms with Crippen LogP contribution in [0.15, 0.2) is 75.5 Å². The van der Waals surface area contributed by atoms with E-state index in [0.717, 1.165) is 5.01 Å². The number of carboxylic acid groups (broad SMARTS) is 1. The highest BCUT2D eigenvalue weighted by Crippen LogP contribution is 2.24. The van der Waals surface area contributed by atoms with Crippen molar-refractivity contribution >= 4 is 29.7 Å². The smallest absolute Gasteiger partial charge is 0.335 e. The van der Waals surface area contributed by atoms with Crippen LogP contribution in [0.2, 0.25) is 0 Å². The van der Waals surface area contributed by atoms with Gasteiger partial charge in [0.2, 0.25) is 0 Å². The maximum atomic E-state index is 13.3. The number of allylic oxidation sites excluding steroid dienone is 1. The van der Waals surface area contributed by atoms with Gasteiger partial charge in [0.15, 0.2) is 18.1 Å². The van der Waals surface area contributed by atoms with Gasteiger partial charge >= 0.3 is 5.97 Å². The Hall–Kier alpha value is -6.08. The predicted octanol–water partition coefficient (Wildman–Crippen LogP) is 1.69. The lowest BCUT2D eigenvalue weighted by molar-refractivity contribution is 0.0696. The number of benzene rings is 2. The molecule has 13 heteroatoms. The number of nitrogens with one attached hydrogen (secondary N) is 2. The summed E-state index contributed by atoms with van der Waals surface area (Å²) in [6.45, 7) is 3.00. The number of ether oxygens (including phenoxy) is 1. The molecule has 0 spiro atoms. The van der Waals surface area contributed by atoms with Gasteiger partial charge in [-0.3, -0.25) is 14.4 Å². The maximum Gasteiger partial charge on any atom is 0.335 e. The molecule has 2 aromatic carbocycles. The Balaban J connectivity index is 1.31. The summed E-state index contributed by atoms with van der Waals surface area (Å²) in [7, 11) is 0. The second-order valence-corrected chi connectivity index (χ2v) is 9.89. The molecule has 3 aromatic rings. The molecule has 0 unspecified atom stereocenters. The molecule has 0 atom stereocenters. The van der Waals surface area contributed by atoms with E-state index in [2.05, 4.69) is 20.2 Å². The first-order chi connectivity index (χ1) is 21.2. The third kappa shape index (κ3) is 4.76. The third-order valence-corrected chi connectivity index (χ3v) is 7.32. The van der Waals surface area contributed by atoms with Crippen molar-refractivity contribution in [3.63, 3.8) is 0 Å². The Bertz CT molecular complexity index is 2190. The molecular weight excluding hydrogens is 568 g/mol. The van der Waals surface area contributed by atoms with Gasteiger partial charge in [-0.2, -0.15) is 9.69 Å². The van der Waals surface area contributed by atoms with E-state index in [9.17, 15) is 19.2 Å². The second kappa shape index (κ2) is 11.0. The van der Waals surface area contributed by atoms with E-state index in [1.807, 2.05) is 0 Å². The molecular formula is C31H24N6O7. The molecule has 44 heavy (non-hydrogen) atoms. The number of fused-ring (bicyclic) bond motifs is 2. The Morgan fingerprint density at radius 1 is 0.977 bits per heavy atom. The van der Waals surface area contributed by atoms with E-state index in [-0.39, 0.29) is 27.4 Å². The zero-order valence-electron chi connectivity index (χ0n) is 23.4. The van der Waals surface area contributed by atoms with Crippen molar-refractivity contribution in [2.45, 2.75) is 13.8 Å². The number of pyridine rings is 2. The Kier molecular flexibility index (Phi) is 6.99. The molecule has 0 aliphatic carbocycles. The zero-order valence-corrected chi connectivity index (χ0v) is 23.4. The zero-order chi connectivity index (χ0) is 31.1. The Morgan fingerprint density at radius 3 is 2.36 bits per heavy atom. The predicted molar refractivity (Wildman–Crippen MR) is 160 cm³/mol. The highest BCUT2D eigenvalue weighted by molar-refractivity contribution is 6.08. The number of hydrogen-bond acceptors (Lipinski definition) is 8. The summed E-state index contributed by atoms with van der Waals surface area (Å²) in [5.74, 6) is -0.694. The molecule has 13 nitrogen and oxygen atoms in total. The van der Waals surface area contributed by atoms with Crippen LogP contribution in [0.3, 0.4) is 0 Å². The SMILES string of the molecule is Cc1c(C=C/C=c2/c(C)c3c([nH]c2=O)=NN(c2ccc(C(=O)O)cc2)C3=O)c[nH]c2nn(-c3ccc(OCO)cc3)c(=O)c1-2. The van der Waals surface area contributed by atoms with Crippen molar-refractivity contribution in [2.24, 2.45) is 5.10 Å². The molecule has 0 bridgehead atoms. The Morgan fingerprint density at radius 2 is 1.68 bits per heavy atom. The van der Waals surface area contributed by atoms with Gasteiger partial charge in [-0.1, -0.05) is 12.2 Å². The summed E-state index contributed by atoms with van der Waals surface area (Å²) < 4.78 is 6.31. The van der Waals surface area contributed by atoms with Crippen molar-refractivity contribution in [1.29, 1.82) is 0 Å². The first kappa shape index (κ1) is 28.1. The number of rotatable bonds is 7. The summed E-state index contributed by atoms with van der Waals surface area (Å²) in [6.07, 6.45) is 6.66. The van der Waals surface area contributed by atoms with Gasteiger partial charge in [-0.15, -0.1) is 10.2 Å². The van der Waals surface area contributed by atoms with Crippen LogP contribution in [0, 0.1) is 13.8 Å². The number of aromatic nitrogens is 4. The van der Waals surface area contributed by atoms with Crippen LogP contribution in [0.25, 0.3) is 29.2 Å². The second-order valence-electron chi connectivity index (χ2n) is 9.89. The van der Waals surface area contributed by atoms with E-state index in [0.29, 0.717) is 45.2 Å². The van der Waals surface area contributed by atoms with E-state index >= 15 is 0 Å². The highest BCUT2D eigenvalue weighted by atomic mass is 16.6. The van der Waals surface area contributed by atoms with Crippen LogP contribution < -0.4 is 31.6 Å². The number of carbonyl (C=O) groups excluding carboxylic acids is 1. The lowest BCUT2D eigenvalue weighted by atomic mass is 10.0. The number of carboxylic acids is 1. The van der Waals surface area contributed by atoms with Crippen molar-refractivity contribution in [3.8, 4) is 22.8 Å². The largest absolute Gasteiger partial charge is 0.478 e. The van der Waals surface area contributed by atoms with Crippen LogP contribution in [0.1, 0.15) is 37.4 Å². The van der Waals surface area contributed by atoms with Crippen LogP contribution in [-0.2, 0) is 0 Å². The molecule has 220 valence electrons. The standard InChI is InChI=1S/C31H24N6O7/c1-16-19(14-32-26-24(16)29(40)36(34-26)21-10-12-22(13-11-21)44-15-38)4-3-5-23-17(2)25-27(33-28(23)39)35-37(30(25)41)20-8-6-18(7-9-20)31(42)43/h3-14,38H,15H2,1-2H3,(H,32,34)(H,42,43)(H,33,35,39)/b4-3?,23-5-. The van der Waals surface area contributed by atoms with Gasteiger partial charge in [-0.05, 0) is 85.1 Å². The number of hydrogen-bond donors (Lipinski definition) is 4. The molecule has 0 saturated carbocycles. The van der Waals surface area contributed by atoms with E-state index in [1.165, 1.54) is 28.9 Å². The van der Waals surface area contributed by atoms with E-state index in [4.69, 9.17) is 14.9 Å². The quantitative estimate of drug-likeness (QED) is 0.206. The van der Waals surface area contributed by atoms with Gasteiger partial charge in [0.05, 0.1) is 28.1 Å². The number of aliphatic hydroxyl groups excluding tert-OH is 1. The molecule has 4 heterocycles. The molecule has 0 fully saturated rings. The van der Waals surface area contributed by atoms with E-state index in [1.54, 1.807) is 62.5 Å². The maximum absolute atomic E-state index is 13.3. The molecule has 0 saturated heterocycles. The molecule has 6 rings (SSSR count). The topological polar surface area (TPSA) is 183 Å². The molecule has 3 aliphatic heterocycles. The number of nitrogens with zero attached hydrogens (tertiary/aromatic N) is 4.